The minimum Gasteiger partial charge on any atom is -0.296 e. The summed E-state index contributed by atoms with van der Waals surface area (Å²) in [6, 6.07) is 1.54. The molecule has 1 amide bonds. The largest absolute Gasteiger partial charge is 0.296 e. The first kappa shape index (κ1) is 13.2. The zero-order chi connectivity index (χ0) is 13.3. The Kier molecular flexibility index (Phi) is 3.51. The summed E-state index contributed by atoms with van der Waals surface area (Å²) in [6.45, 7) is 0.266. The molecule has 1 saturated heterocycles. The Labute approximate surface area is 109 Å². The third-order valence-electron chi connectivity index (χ3n) is 2.56. The van der Waals surface area contributed by atoms with Crippen LogP contribution in [0.3, 0.4) is 0 Å². The normalized spacial score (nSPS) is 20.4. The fourth-order valence-corrected chi connectivity index (χ4v) is 2.94. The van der Waals surface area contributed by atoms with E-state index in [1.165, 1.54) is 11.1 Å². The predicted molar refractivity (Wildman–Crippen MR) is 65.5 cm³/mol. The van der Waals surface area contributed by atoms with Crippen molar-refractivity contribution in [2.75, 3.05) is 17.2 Å². The topological polar surface area (TPSA) is 106 Å². The van der Waals surface area contributed by atoms with Crippen molar-refractivity contribution in [1.82, 2.24) is 9.97 Å². The summed E-state index contributed by atoms with van der Waals surface area (Å²) in [5.41, 5.74) is 0. The third kappa shape index (κ3) is 3.15. The molecule has 1 fully saturated rings. The van der Waals surface area contributed by atoms with Crippen molar-refractivity contribution >= 4 is 33.3 Å². The van der Waals surface area contributed by atoms with Crippen LogP contribution in [0, 0.1) is 5.92 Å². The number of primary sulfonamides is 1. The van der Waals surface area contributed by atoms with Gasteiger partial charge in [-0.2, -0.15) is 0 Å². The van der Waals surface area contributed by atoms with E-state index in [4.69, 9.17) is 16.7 Å². The second-order valence-electron chi connectivity index (χ2n) is 4.09. The van der Waals surface area contributed by atoms with Crippen molar-refractivity contribution < 1.29 is 13.2 Å². The molecule has 0 aromatic carbocycles. The van der Waals surface area contributed by atoms with Crippen molar-refractivity contribution in [3.8, 4) is 0 Å². The Hall–Kier alpha value is -1.25. The van der Waals surface area contributed by atoms with Crippen LogP contribution in [0.1, 0.15) is 6.42 Å². The summed E-state index contributed by atoms with van der Waals surface area (Å²) in [4.78, 5) is 20.8. The number of hydrogen-bond acceptors (Lipinski definition) is 5. The average molecular weight is 291 g/mol. The number of aromatic nitrogens is 2. The van der Waals surface area contributed by atoms with Gasteiger partial charge in [-0.1, -0.05) is 0 Å². The quantitative estimate of drug-likeness (QED) is 0.774. The molecule has 0 bridgehead atoms. The Morgan fingerprint density at radius 3 is 2.89 bits per heavy atom. The number of sulfonamides is 1. The molecule has 0 saturated carbocycles. The molecule has 98 valence electrons. The third-order valence-corrected chi connectivity index (χ3v) is 3.68. The van der Waals surface area contributed by atoms with Gasteiger partial charge in [0.15, 0.2) is 0 Å². The van der Waals surface area contributed by atoms with E-state index in [0.29, 0.717) is 5.82 Å². The molecule has 1 unspecified atom stereocenters. The number of carbonyl (C=O) groups excluding carboxylic acids is 1. The minimum atomic E-state index is -3.58. The molecule has 1 aliphatic heterocycles. The van der Waals surface area contributed by atoms with E-state index in [1.54, 1.807) is 6.07 Å². The Balaban J connectivity index is 2.15. The maximum absolute atomic E-state index is 11.8. The summed E-state index contributed by atoms with van der Waals surface area (Å²) in [5.74, 6) is -0.356. The zero-order valence-corrected chi connectivity index (χ0v) is 10.9. The highest BCUT2D eigenvalue weighted by atomic mass is 35.5. The highest BCUT2D eigenvalue weighted by Gasteiger charge is 2.33. The number of rotatable bonds is 3. The molecule has 0 radical (unpaired) electrons. The first-order valence-corrected chi connectivity index (χ1v) is 7.24. The first-order valence-electron chi connectivity index (χ1n) is 5.14. The maximum Gasteiger partial charge on any atom is 0.228 e. The van der Waals surface area contributed by atoms with Gasteiger partial charge in [0.25, 0.3) is 0 Å². The molecule has 18 heavy (non-hydrogen) atoms. The van der Waals surface area contributed by atoms with Crippen LogP contribution in [0.2, 0.25) is 5.28 Å². The smallest absolute Gasteiger partial charge is 0.228 e. The molecule has 1 aromatic heterocycles. The lowest BCUT2D eigenvalue weighted by Crippen LogP contribution is -2.28. The van der Waals surface area contributed by atoms with Crippen LogP contribution >= 0.6 is 11.6 Å². The lowest BCUT2D eigenvalue weighted by atomic mass is 10.1. The second kappa shape index (κ2) is 4.79. The second-order valence-corrected chi connectivity index (χ2v) is 6.09. The summed E-state index contributed by atoms with van der Waals surface area (Å²) in [7, 11) is -3.58. The summed E-state index contributed by atoms with van der Waals surface area (Å²) in [5, 5.41) is 5.00. The number of nitrogens with zero attached hydrogens (tertiary/aromatic N) is 3. The van der Waals surface area contributed by atoms with Crippen molar-refractivity contribution in [2.45, 2.75) is 6.42 Å². The Morgan fingerprint density at radius 1 is 1.56 bits per heavy atom. The van der Waals surface area contributed by atoms with Crippen LogP contribution in [-0.4, -0.2) is 36.6 Å². The maximum atomic E-state index is 11.8. The molecule has 1 aliphatic rings. The minimum absolute atomic E-state index is 0.0372. The lowest BCUT2D eigenvalue weighted by molar-refractivity contribution is -0.117. The number of amides is 1. The Bertz CT molecular complexity index is 577. The summed E-state index contributed by atoms with van der Waals surface area (Å²) in [6.07, 6.45) is 1.57. The molecule has 2 N–H and O–H groups in total. The molecule has 2 rings (SSSR count). The van der Waals surface area contributed by atoms with Gasteiger partial charge in [-0.15, -0.1) is 0 Å². The average Bonchev–Trinajstić information content (AvgIpc) is 2.56. The van der Waals surface area contributed by atoms with Crippen LogP contribution in [0.4, 0.5) is 5.82 Å². The van der Waals surface area contributed by atoms with Gasteiger partial charge in [-0.3, -0.25) is 9.69 Å². The standard InChI is InChI=1S/C9H11ClN4O3S/c10-9-12-2-1-7(13-9)14-4-6(3-8(14)15)5-18(11,16)17/h1-2,6H,3-5H2,(H2,11,16,17). The van der Waals surface area contributed by atoms with Gasteiger partial charge in [0.1, 0.15) is 5.82 Å². The number of anilines is 1. The molecule has 0 spiro atoms. The molecular weight excluding hydrogens is 280 g/mol. The van der Waals surface area contributed by atoms with Gasteiger partial charge < -0.3 is 0 Å². The van der Waals surface area contributed by atoms with Crippen LogP contribution in [0.25, 0.3) is 0 Å². The van der Waals surface area contributed by atoms with Gasteiger partial charge in [-0.05, 0) is 17.7 Å². The zero-order valence-electron chi connectivity index (χ0n) is 9.28. The highest BCUT2D eigenvalue weighted by molar-refractivity contribution is 7.89. The molecule has 0 aliphatic carbocycles. The van der Waals surface area contributed by atoms with E-state index >= 15 is 0 Å². The lowest BCUT2D eigenvalue weighted by Gasteiger charge is -2.15. The van der Waals surface area contributed by atoms with E-state index in [0.717, 1.165) is 0 Å². The van der Waals surface area contributed by atoms with Crippen LogP contribution < -0.4 is 10.0 Å². The molecule has 1 aromatic rings. The van der Waals surface area contributed by atoms with Crippen LogP contribution in [0.5, 0.6) is 0 Å². The van der Waals surface area contributed by atoms with Crippen LogP contribution in [-0.2, 0) is 14.8 Å². The van der Waals surface area contributed by atoms with E-state index in [9.17, 15) is 13.2 Å². The van der Waals surface area contributed by atoms with Crippen molar-refractivity contribution in [3.05, 3.63) is 17.5 Å². The van der Waals surface area contributed by atoms with Crippen molar-refractivity contribution in [3.63, 3.8) is 0 Å². The van der Waals surface area contributed by atoms with Gasteiger partial charge in [0, 0.05) is 25.1 Å². The molecule has 9 heteroatoms. The fourth-order valence-electron chi connectivity index (χ4n) is 1.92. The van der Waals surface area contributed by atoms with E-state index in [2.05, 4.69) is 9.97 Å². The molecule has 1 atom stereocenters. The molecular formula is C9H11ClN4O3S. The van der Waals surface area contributed by atoms with Crippen molar-refractivity contribution in [2.24, 2.45) is 11.1 Å². The molecule has 2 heterocycles. The predicted octanol–water partition coefficient (Wildman–Crippen LogP) is -0.229. The number of halogens is 1. The summed E-state index contributed by atoms with van der Waals surface area (Å²) >= 11 is 5.64. The van der Waals surface area contributed by atoms with Gasteiger partial charge in [-0.25, -0.2) is 23.5 Å². The monoisotopic (exact) mass is 290 g/mol. The van der Waals surface area contributed by atoms with Crippen LogP contribution in [0.15, 0.2) is 12.3 Å². The van der Waals surface area contributed by atoms with E-state index in [-0.39, 0.29) is 35.8 Å². The first-order chi connectivity index (χ1) is 8.35. The SMILES string of the molecule is NS(=O)(=O)CC1CC(=O)N(c2ccnc(Cl)n2)C1. The number of carbonyl (C=O) groups is 1. The van der Waals surface area contributed by atoms with E-state index in [1.807, 2.05) is 0 Å². The summed E-state index contributed by atoms with van der Waals surface area (Å²) < 4.78 is 22.0. The Morgan fingerprint density at radius 2 is 2.28 bits per heavy atom. The molecule has 7 nitrogen and oxygen atoms in total. The van der Waals surface area contributed by atoms with Crippen molar-refractivity contribution in [1.29, 1.82) is 0 Å². The fraction of sp³-hybridized carbons (Fsp3) is 0.444. The van der Waals surface area contributed by atoms with Gasteiger partial charge in [0.2, 0.25) is 21.2 Å². The van der Waals surface area contributed by atoms with Gasteiger partial charge in [0.05, 0.1) is 5.75 Å². The highest BCUT2D eigenvalue weighted by Crippen LogP contribution is 2.24. The van der Waals surface area contributed by atoms with Gasteiger partial charge >= 0.3 is 0 Å². The van der Waals surface area contributed by atoms with E-state index < -0.39 is 10.0 Å². The number of nitrogens with two attached hydrogens (primary N) is 1. The number of hydrogen-bond donors (Lipinski definition) is 1.